The summed E-state index contributed by atoms with van der Waals surface area (Å²) in [6.45, 7) is 1.18. The largest absolute Gasteiger partial charge is 0.478 e. The van der Waals surface area contributed by atoms with Crippen molar-refractivity contribution in [2.24, 2.45) is 0 Å². The molecule has 8 nitrogen and oxygen atoms in total. The van der Waals surface area contributed by atoms with Gasteiger partial charge in [-0.05, 0) is 18.9 Å². The number of likely N-dealkylation sites (tertiary alicyclic amines) is 1. The van der Waals surface area contributed by atoms with Gasteiger partial charge in [0, 0.05) is 19.2 Å². The Balaban J connectivity index is 2.19. The number of anilines is 1. The minimum absolute atomic E-state index is 0.137. The maximum atomic E-state index is 11.9. The highest BCUT2D eigenvalue weighted by atomic mass is 16.6. The van der Waals surface area contributed by atoms with Crippen molar-refractivity contribution in [1.29, 1.82) is 0 Å². The first-order valence-electron chi connectivity index (χ1n) is 6.53. The lowest BCUT2D eigenvalue weighted by atomic mass is 10.1. The van der Waals surface area contributed by atoms with E-state index < -0.39 is 10.9 Å². The quantitative estimate of drug-likeness (QED) is 0.625. The molecule has 112 valence electrons. The number of nitrogens with zero attached hydrogens (tertiary/aromatic N) is 2. The van der Waals surface area contributed by atoms with Crippen LogP contribution in [0.1, 0.15) is 23.2 Å². The topological polar surface area (TPSA) is 113 Å². The lowest BCUT2D eigenvalue weighted by molar-refractivity contribution is -0.384. The molecule has 0 spiro atoms. The Hall–Kier alpha value is -2.64. The molecule has 1 saturated heterocycles. The van der Waals surface area contributed by atoms with E-state index in [1.54, 1.807) is 4.90 Å². The second kappa shape index (κ2) is 6.21. The van der Waals surface area contributed by atoms with Crippen molar-refractivity contribution < 1.29 is 19.6 Å². The summed E-state index contributed by atoms with van der Waals surface area (Å²) in [7, 11) is 0. The van der Waals surface area contributed by atoms with Crippen LogP contribution in [0.3, 0.4) is 0 Å². The van der Waals surface area contributed by atoms with Crippen molar-refractivity contribution >= 4 is 23.3 Å². The molecule has 2 rings (SSSR count). The summed E-state index contributed by atoms with van der Waals surface area (Å²) in [5.41, 5.74) is -0.718. The van der Waals surface area contributed by atoms with Crippen molar-refractivity contribution in [3.8, 4) is 0 Å². The molecule has 1 aromatic carbocycles. The smallest absolute Gasteiger partial charge is 0.338 e. The van der Waals surface area contributed by atoms with Crippen LogP contribution < -0.4 is 5.32 Å². The van der Waals surface area contributed by atoms with E-state index in [1.807, 2.05) is 0 Å². The Kier molecular flexibility index (Phi) is 4.36. The lowest BCUT2D eigenvalue weighted by Crippen LogP contribution is -2.33. The molecule has 1 fully saturated rings. The number of hydrogen-bond donors (Lipinski definition) is 2. The molecule has 0 atom stereocenters. The fraction of sp³-hybridized carbons (Fsp3) is 0.385. The number of amides is 1. The summed E-state index contributed by atoms with van der Waals surface area (Å²) < 4.78 is 0. The summed E-state index contributed by atoms with van der Waals surface area (Å²) in [6.07, 6.45) is 1.88. The Morgan fingerprint density at radius 2 is 2.00 bits per heavy atom. The van der Waals surface area contributed by atoms with Gasteiger partial charge in [0.15, 0.2) is 0 Å². The number of para-hydroxylation sites is 1. The molecule has 8 heteroatoms. The van der Waals surface area contributed by atoms with Crippen LogP contribution in [0.5, 0.6) is 0 Å². The number of hydrogen-bond acceptors (Lipinski definition) is 5. The standard InChI is InChI=1S/C13H15N3O5/c17-11(15-6-1-2-7-15)8-14-12-9(13(18)19)4-3-5-10(12)16(20)21/h3-5,14H,1-2,6-8H2,(H,18,19). The fourth-order valence-electron chi connectivity index (χ4n) is 2.30. The van der Waals surface area contributed by atoms with Gasteiger partial charge in [0.25, 0.3) is 5.69 Å². The van der Waals surface area contributed by atoms with Crippen molar-refractivity contribution in [3.63, 3.8) is 0 Å². The van der Waals surface area contributed by atoms with Gasteiger partial charge in [-0.15, -0.1) is 0 Å². The van der Waals surface area contributed by atoms with E-state index in [-0.39, 0.29) is 29.4 Å². The van der Waals surface area contributed by atoms with Crippen molar-refractivity contribution in [3.05, 3.63) is 33.9 Å². The van der Waals surface area contributed by atoms with E-state index >= 15 is 0 Å². The van der Waals surface area contributed by atoms with Crippen LogP contribution in [0.15, 0.2) is 18.2 Å². The third kappa shape index (κ3) is 3.28. The monoisotopic (exact) mass is 293 g/mol. The van der Waals surface area contributed by atoms with Crippen LogP contribution in [0.2, 0.25) is 0 Å². The van der Waals surface area contributed by atoms with E-state index in [0.717, 1.165) is 12.8 Å². The third-order valence-electron chi connectivity index (χ3n) is 3.34. The highest BCUT2D eigenvalue weighted by molar-refractivity contribution is 5.97. The SMILES string of the molecule is O=C(O)c1cccc([N+](=O)[O-])c1NCC(=O)N1CCCC1. The molecule has 0 saturated carbocycles. The zero-order chi connectivity index (χ0) is 15.4. The lowest BCUT2D eigenvalue weighted by Gasteiger charge is -2.16. The fourth-order valence-corrected chi connectivity index (χ4v) is 2.30. The predicted molar refractivity (Wildman–Crippen MR) is 74.4 cm³/mol. The van der Waals surface area contributed by atoms with Gasteiger partial charge in [0.2, 0.25) is 5.91 Å². The first-order chi connectivity index (χ1) is 10.0. The van der Waals surface area contributed by atoms with Crippen LogP contribution in [0.25, 0.3) is 0 Å². The summed E-state index contributed by atoms with van der Waals surface area (Å²) >= 11 is 0. The number of carboxylic acids is 1. The number of carboxylic acid groups (broad SMARTS) is 1. The van der Waals surface area contributed by atoms with Crippen molar-refractivity contribution in [2.75, 3.05) is 25.0 Å². The number of aromatic carboxylic acids is 1. The number of nitro groups is 1. The maximum absolute atomic E-state index is 11.9. The van der Waals surface area contributed by atoms with Crippen molar-refractivity contribution in [1.82, 2.24) is 4.90 Å². The van der Waals surface area contributed by atoms with E-state index in [4.69, 9.17) is 5.11 Å². The molecule has 1 aliphatic rings. The zero-order valence-electron chi connectivity index (χ0n) is 11.2. The minimum atomic E-state index is -1.28. The zero-order valence-corrected chi connectivity index (χ0v) is 11.2. The van der Waals surface area contributed by atoms with E-state index in [2.05, 4.69) is 5.32 Å². The van der Waals surface area contributed by atoms with Gasteiger partial charge < -0.3 is 15.3 Å². The van der Waals surface area contributed by atoms with E-state index in [0.29, 0.717) is 13.1 Å². The van der Waals surface area contributed by atoms with Crippen LogP contribution >= 0.6 is 0 Å². The molecule has 0 bridgehead atoms. The molecule has 0 aromatic heterocycles. The molecule has 1 heterocycles. The molecule has 1 aromatic rings. The van der Waals surface area contributed by atoms with Gasteiger partial charge >= 0.3 is 5.97 Å². The molecule has 0 unspecified atom stereocenters. The average molecular weight is 293 g/mol. The van der Waals surface area contributed by atoms with Crippen molar-refractivity contribution in [2.45, 2.75) is 12.8 Å². The van der Waals surface area contributed by atoms with Gasteiger partial charge in [0.05, 0.1) is 17.0 Å². The number of carbonyl (C=O) groups excluding carboxylic acids is 1. The summed E-state index contributed by atoms with van der Waals surface area (Å²) in [4.78, 5) is 35.0. The van der Waals surface area contributed by atoms with E-state index in [9.17, 15) is 19.7 Å². The first-order valence-corrected chi connectivity index (χ1v) is 6.53. The van der Waals surface area contributed by atoms with Gasteiger partial charge in [-0.3, -0.25) is 14.9 Å². The number of benzene rings is 1. The Labute approximate surface area is 120 Å². The predicted octanol–water partition coefficient (Wildman–Crippen LogP) is 1.33. The molecular formula is C13H15N3O5. The summed E-state index contributed by atoms with van der Waals surface area (Å²) in [6, 6.07) is 3.77. The van der Waals surface area contributed by atoms with Crippen LogP contribution in [0.4, 0.5) is 11.4 Å². The Bertz CT molecular complexity index is 549. The second-order valence-corrected chi connectivity index (χ2v) is 4.70. The molecule has 1 aliphatic heterocycles. The average Bonchev–Trinajstić information content (AvgIpc) is 2.98. The van der Waals surface area contributed by atoms with Gasteiger partial charge in [-0.1, -0.05) is 6.07 Å². The first kappa shape index (κ1) is 14.8. The highest BCUT2D eigenvalue weighted by Gasteiger charge is 2.23. The maximum Gasteiger partial charge on any atom is 0.338 e. The Morgan fingerprint density at radius 1 is 1.33 bits per heavy atom. The summed E-state index contributed by atoms with van der Waals surface area (Å²) in [5, 5.41) is 22.7. The Morgan fingerprint density at radius 3 is 2.57 bits per heavy atom. The molecule has 21 heavy (non-hydrogen) atoms. The van der Waals surface area contributed by atoms with Crippen LogP contribution in [-0.4, -0.2) is 46.4 Å². The number of nitrogens with one attached hydrogen (secondary N) is 1. The van der Waals surface area contributed by atoms with Crippen LogP contribution in [-0.2, 0) is 4.79 Å². The molecule has 1 amide bonds. The van der Waals surface area contributed by atoms with E-state index in [1.165, 1.54) is 18.2 Å². The molecular weight excluding hydrogens is 278 g/mol. The molecule has 0 radical (unpaired) electrons. The summed E-state index contributed by atoms with van der Waals surface area (Å²) in [5.74, 6) is -1.48. The second-order valence-electron chi connectivity index (χ2n) is 4.70. The minimum Gasteiger partial charge on any atom is -0.478 e. The normalized spacial score (nSPS) is 14.0. The highest BCUT2D eigenvalue weighted by Crippen LogP contribution is 2.28. The third-order valence-corrected chi connectivity index (χ3v) is 3.34. The number of carbonyl (C=O) groups is 2. The van der Waals surface area contributed by atoms with Crippen LogP contribution in [0, 0.1) is 10.1 Å². The van der Waals surface area contributed by atoms with Gasteiger partial charge in [0.1, 0.15) is 5.69 Å². The van der Waals surface area contributed by atoms with Gasteiger partial charge in [-0.25, -0.2) is 4.79 Å². The van der Waals surface area contributed by atoms with Gasteiger partial charge in [-0.2, -0.15) is 0 Å². The number of nitro benzene ring substituents is 1. The number of rotatable bonds is 5. The molecule has 2 N–H and O–H groups in total. The molecule has 0 aliphatic carbocycles.